The van der Waals surface area contributed by atoms with Crippen LogP contribution in [0.5, 0.6) is 0 Å². The molecule has 128 valence electrons. The lowest BCUT2D eigenvalue weighted by Gasteiger charge is -2.27. The first-order chi connectivity index (χ1) is 11.7. The quantitative estimate of drug-likeness (QED) is 0.797. The zero-order valence-corrected chi connectivity index (χ0v) is 14.2. The van der Waals surface area contributed by atoms with Crippen molar-refractivity contribution in [1.29, 1.82) is 0 Å². The van der Waals surface area contributed by atoms with Crippen molar-refractivity contribution in [2.45, 2.75) is 19.5 Å². The molecule has 2 N–H and O–H groups in total. The molecule has 0 radical (unpaired) electrons. The van der Waals surface area contributed by atoms with Gasteiger partial charge in [0.2, 0.25) is 12.3 Å². The molecule has 2 unspecified atom stereocenters. The third kappa shape index (κ3) is 3.77. The van der Waals surface area contributed by atoms with Crippen LogP contribution in [0.15, 0.2) is 29.4 Å². The fraction of sp³-hybridized carbons (Fsp3) is 0.438. The molecule has 3 rings (SSSR count). The largest absolute Gasteiger partial charge is 0.299 e. The van der Waals surface area contributed by atoms with E-state index in [4.69, 9.17) is 4.84 Å². The number of rotatable bonds is 4. The number of nitrogens with zero attached hydrogens (tertiary/aromatic N) is 2. The minimum Gasteiger partial charge on any atom is -0.299 e. The van der Waals surface area contributed by atoms with E-state index in [9.17, 15) is 9.59 Å². The van der Waals surface area contributed by atoms with E-state index in [2.05, 4.69) is 16.0 Å². The number of hydroxylamine groups is 1. The molecule has 0 aliphatic carbocycles. The van der Waals surface area contributed by atoms with Crippen LogP contribution >= 0.6 is 11.8 Å². The minimum atomic E-state index is -0.203. The average molecular weight is 348 g/mol. The van der Waals surface area contributed by atoms with Crippen LogP contribution in [0, 0.1) is 5.92 Å². The Labute approximate surface area is 144 Å². The number of anilines is 1. The molecule has 2 amide bonds. The fourth-order valence-corrected chi connectivity index (χ4v) is 3.56. The van der Waals surface area contributed by atoms with Crippen molar-refractivity contribution < 1.29 is 14.4 Å². The smallest absolute Gasteiger partial charge is 0.240 e. The maximum atomic E-state index is 11.5. The number of thioether (sulfide) groups is 1. The first-order valence-corrected chi connectivity index (χ1v) is 9.00. The molecular formula is C16H20N4O3S. The van der Waals surface area contributed by atoms with Crippen molar-refractivity contribution in [1.82, 2.24) is 10.9 Å². The molecule has 2 atom stereocenters. The number of carbonyl (C=O) groups is 2. The topological polar surface area (TPSA) is 83.0 Å². The van der Waals surface area contributed by atoms with E-state index in [1.165, 1.54) is 0 Å². The normalized spacial score (nSPS) is 24.5. The highest BCUT2D eigenvalue weighted by Gasteiger charge is 2.23. The lowest BCUT2D eigenvalue weighted by atomic mass is 9.94. The lowest BCUT2D eigenvalue weighted by molar-refractivity contribution is -0.121. The van der Waals surface area contributed by atoms with E-state index in [0.29, 0.717) is 13.0 Å². The molecule has 1 aromatic carbocycles. The Balaban J connectivity index is 1.77. The summed E-state index contributed by atoms with van der Waals surface area (Å²) in [5.41, 5.74) is 8.02. The summed E-state index contributed by atoms with van der Waals surface area (Å²) >= 11 is 1.74. The zero-order chi connectivity index (χ0) is 16.9. The Kier molecular flexibility index (Phi) is 5.49. The van der Waals surface area contributed by atoms with E-state index < -0.39 is 0 Å². The third-order valence-electron chi connectivity index (χ3n) is 3.99. The van der Waals surface area contributed by atoms with Gasteiger partial charge in [-0.1, -0.05) is 19.1 Å². The van der Waals surface area contributed by atoms with Crippen molar-refractivity contribution in [3.63, 3.8) is 0 Å². The molecular weight excluding hydrogens is 328 g/mol. The van der Waals surface area contributed by atoms with Gasteiger partial charge in [0.1, 0.15) is 6.17 Å². The van der Waals surface area contributed by atoms with E-state index in [1.807, 2.05) is 31.2 Å². The minimum absolute atomic E-state index is 0.0630. The lowest BCUT2D eigenvalue weighted by Crippen LogP contribution is -2.46. The molecule has 2 aliphatic rings. The SMILES string of the molecule is CC1CC(=O)NN=C1c1ccc(N(C=O)C2CSCCON2)cc1. The van der Waals surface area contributed by atoms with Crippen LogP contribution < -0.4 is 15.8 Å². The van der Waals surface area contributed by atoms with Gasteiger partial charge in [0, 0.05) is 29.5 Å². The highest BCUT2D eigenvalue weighted by atomic mass is 32.2. The molecule has 24 heavy (non-hydrogen) atoms. The average Bonchev–Trinajstić information content (AvgIpc) is 2.86. The highest BCUT2D eigenvalue weighted by molar-refractivity contribution is 7.99. The second-order valence-electron chi connectivity index (χ2n) is 5.75. The van der Waals surface area contributed by atoms with Gasteiger partial charge in [-0.25, -0.2) is 5.43 Å². The van der Waals surface area contributed by atoms with E-state index in [-0.39, 0.29) is 18.0 Å². The van der Waals surface area contributed by atoms with Gasteiger partial charge in [-0.05, 0) is 17.7 Å². The van der Waals surface area contributed by atoms with Gasteiger partial charge >= 0.3 is 0 Å². The summed E-state index contributed by atoms with van der Waals surface area (Å²) in [5.74, 6) is 1.67. The number of hydrogen-bond acceptors (Lipinski definition) is 6. The molecule has 2 heterocycles. The second-order valence-corrected chi connectivity index (χ2v) is 6.90. The van der Waals surface area contributed by atoms with Gasteiger partial charge in [-0.3, -0.25) is 19.3 Å². The van der Waals surface area contributed by atoms with Crippen LogP contribution in [0.1, 0.15) is 18.9 Å². The maximum Gasteiger partial charge on any atom is 0.240 e. The van der Waals surface area contributed by atoms with Crippen LogP contribution in [-0.2, 0) is 14.4 Å². The van der Waals surface area contributed by atoms with Crippen molar-refractivity contribution in [3.05, 3.63) is 29.8 Å². The van der Waals surface area contributed by atoms with E-state index >= 15 is 0 Å². The summed E-state index contributed by atoms with van der Waals surface area (Å²) in [7, 11) is 0. The van der Waals surface area contributed by atoms with Crippen LogP contribution in [0.4, 0.5) is 5.69 Å². The van der Waals surface area contributed by atoms with Gasteiger partial charge in [-0.2, -0.15) is 22.3 Å². The summed E-state index contributed by atoms with van der Waals surface area (Å²) < 4.78 is 0. The second kappa shape index (κ2) is 7.78. The van der Waals surface area contributed by atoms with Gasteiger partial charge < -0.3 is 0 Å². The number of carbonyl (C=O) groups excluding carboxylic acids is 2. The number of nitrogens with one attached hydrogen (secondary N) is 2. The predicted molar refractivity (Wildman–Crippen MR) is 93.6 cm³/mol. The Morgan fingerprint density at radius 1 is 1.38 bits per heavy atom. The molecule has 1 fully saturated rings. The van der Waals surface area contributed by atoms with Crippen molar-refractivity contribution in [2.24, 2.45) is 11.0 Å². The predicted octanol–water partition coefficient (Wildman–Crippen LogP) is 1.10. The zero-order valence-electron chi connectivity index (χ0n) is 13.4. The first kappa shape index (κ1) is 16.9. The van der Waals surface area contributed by atoms with Crippen molar-refractivity contribution >= 4 is 35.5 Å². The molecule has 2 aliphatic heterocycles. The standard InChI is InChI=1S/C16H20N4O3S/c1-11-8-15(22)17-18-16(11)12-2-4-13(5-3-12)20(10-21)14-9-24-7-6-23-19-14/h2-5,10-11,14,19H,6-9H2,1H3,(H,17,22). The number of hydrazone groups is 1. The number of benzene rings is 1. The van der Waals surface area contributed by atoms with Gasteiger partial charge in [0.05, 0.1) is 12.3 Å². The van der Waals surface area contributed by atoms with E-state index in [0.717, 1.165) is 34.9 Å². The Hall–Kier alpha value is -1.90. The van der Waals surface area contributed by atoms with Crippen LogP contribution in [0.3, 0.4) is 0 Å². The summed E-state index contributed by atoms with van der Waals surface area (Å²) in [4.78, 5) is 29.8. The van der Waals surface area contributed by atoms with Crippen LogP contribution in [-0.4, -0.2) is 42.3 Å². The monoisotopic (exact) mass is 348 g/mol. The molecule has 8 heteroatoms. The maximum absolute atomic E-state index is 11.5. The Morgan fingerprint density at radius 2 is 2.17 bits per heavy atom. The summed E-state index contributed by atoms with van der Waals surface area (Å²) in [6.45, 7) is 2.60. The molecule has 1 aromatic rings. The third-order valence-corrected chi connectivity index (χ3v) is 5.00. The molecule has 0 spiro atoms. The number of hydrogen-bond donors (Lipinski definition) is 2. The number of amides is 2. The van der Waals surface area contributed by atoms with Crippen molar-refractivity contribution in [2.75, 3.05) is 23.0 Å². The highest BCUT2D eigenvalue weighted by Crippen LogP contribution is 2.22. The molecule has 7 nitrogen and oxygen atoms in total. The van der Waals surface area contributed by atoms with E-state index in [1.54, 1.807) is 16.7 Å². The van der Waals surface area contributed by atoms with Gasteiger partial charge in [0.15, 0.2) is 0 Å². The summed E-state index contributed by atoms with van der Waals surface area (Å²) in [5, 5.41) is 4.16. The Bertz CT molecular complexity index is 627. The molecule has 0 bridgehead atoms. The first-order valence-electron chi connectivity index (χ1n) is 7.84. The van der Waals surface area contributed by atoms with Crippen molar-refractivity contribution in [3.8, 4) is 0 Å². The Morgan fingerprint density at radius 3 is 2.88 bits per heavy atom. The van der Waals surface area contributed by atoms with Gasteiger partial charge in [0.25, 0.3) is 0 Å². The van der Waals surface area contributed by atoms with Crippen LogP contribution in [0.25, 0.3) is 0 Å². The van der Waals surface area contributed by atoms with Crippen LogP contribution in [0.2, 0.25) is 0 Å². The molecule has 0 aromatic heterocycles. The molecule has 1 saturated heterocycles. The summed E-state index contributed by atoms with van der Waals surface area (Å²) in [6, 6.07) is 7.60. The van der Waals surface area contributed by atoms with Gasteiger partial charge in [-0.15, -0.1) is 0 Å². The molecule has 0 saturated carbocycles. The summed E-state index contributed by atoms with van der Waals surface area (Å²) in [6.07, 6.45) is 1.04. The fourth-order valence-electron chi connectivity index (χ4n) is 2.74.